The smallest absolute Gasteiger partial charge is 0.123 e. The van der Waals surface area contributed by atoms with Gasteiger partial charge in [0.05, 0.1) is 0 Å². The van der Waals surface area contributed by atoms with Gasteiger partial charge in [0.25, 0.3) is 0 Å². The number of phenolic OH excluding ortho intramolecular Hbond substituents is 1. The molecule has 1 aromatic rings. The van der Waals surface area contributed by atoms with Gasteiger partial charge >= 0.3 is 0 Å². The van der Waals surface area contributed by atoms with Crippen molar-refractivity contribution < 1.29 is 5.11 Å². The van der Waals surface area contributed by atoms with Gasteiger partial charge in [0.2, 0.25) is 0 Å². The van der Waals surface area contributed by atoms with E-state index in [1.807, 2.05) is 0 Å². The second kappa shape index (κ2) is 3.86. The largest absolute Gasteiger partial charge is 0.507 e. The van der Waals surface area contributed by atoms with E-state index in [2.05, 4.69) is 19.9 Å². The predicted octanol–water partition coefficient (Wildman–Crippen LogP) is 2.60. The quantitative estimate of drug-likeness (QED) is 0.779. The zero-order chi connectivity index (χ0) is 11.0. The maximum atomic E-state index is 10.2. The van der Waals surface area contributed by atoms with Crippen molar-refractivity contribution in [2.24, 2.45) is 5.73 Å². The van der Waals surface area contributed by atoms with E-state index < -0.39 is 0 Å². The molecule has 0 bridgehead atoms. The minimum absolute atomic E-state index is 0.0375. The van der Waals surface area contributed by atoms with E-state index in [-0.39, 0.29) is 6.04 Å². The molecule has 0 aliphatic heterocycles. The summed E-state index contributed by atoms with van der Waals surface area (Å²) in [6.07, 6.45) is 3.98. The summed E-state index contributed by atoms with van der Waals surface area (Å²) in [5, 5.41) is 10.2. The normalized spacial score (nSPS) is 19.3. The third-order valence-corrected chi connectivity index (χ3v) is 3.35. The van der Waals surface area contributed by atoms with Crippen LogP contribution in [-0.2, 0) is 12.8 Å². The van der Waals surface area contributed by atoms with E-state index >= 15 is 0 Å². The molecule has 0 radical (unpaired) electrons. The first kappa shape index (κ1) is 10.5. The Morgan fingerprint density at radius 1 is 1.53 bits per heavy atom. The van der Waals surface area contributed by atoms with Crippen molar-refractivity contribution in [3.8, 4) is 5.75 Å². The molecule has 2 nitrogen and oxygen atoms in total. The van der Waals surface area contributed by atoms with Crippen LogP contribution in [0.1, 0.15) is 48.1 Å². The molecule has 0 fully saturated rings. The van der Waals surface area contributed by atoms with Gasteiger partial charge in [-0.25, -0.2) is 0 Å². The van der Waals surface area contributed by atoms with Crippen LogP contribution >= 0.6 is 0 Å². The van der Waals surface area contributed by atoms with Crippen molar-refractivity contribution in [3.05, 3.63) is 28.3 Å². The van der Waals surface area contributed by atoms with Crippen molar-refractivity contribution in [1.29, 1.82) is 0 Å². The summed E-state index contributed by atoms with van der Waals surface area (Å²) in [5.74, 6) is 0.461. The summed E-state index contributed by atoms with van der Waals surface area (Å²) in [7, 11) is 0. The van der Waals surface area contributed by atoms with Crippen LogP contribution in [0.2, 0.25) is 0 Å². The number of nitrogens with two attached hydrogens (primary N) is 1. The van der Waals surface area contributed by atoms with E-state index in [9.17, 15) is 5.11 Å². The first-order valence-electron chi connectivity index (χ1n) is 5.75. The summed E-state index contributed by atoms with van der Waals surface area (Å²) in [6.45, 7) is 4.25. The van der Waals surface area contributed by atoms with Gasteiger partial charge < -0.3 is 10.8 Å². The Bertz CT molecular complexity index is 385. The number of hydrogen-bond acceptors (Lipinski definition) is 2. The van der Waals surface area contributed by atoms with Gasteiger partial charge in [0, 0.05) is 11.6 Å². The van der Waals surface area contributed by atoms with Gasteiger partial charge in [-0.15, -0.1) is 0 Å². The standard InChI is InChI=1S/C13H19NO/c1-3-4-9-7-8(2)10-5-6-11(14)12(10)13(9)15/h7,11,15H,3-6,14H2,1-2H3. The zero-order valence-electron chi connectivity index (χ0n) is 9.51. The van der Waals surface area contributed by atoms with Crippen LogP contribution in [-0.4, -0.2) is 5.11 Å². The molecule has 15 heavy (non-hydrogen) atoms. The lowest BCUT2D eigenvalue weighted by atomic mass is 9.96. The van der Waals surface area contributed by atoms with E-state index in [0.29, 0.717) is 5.75 Å². The molecule has 82 valence electrons. The predicted molar refractivity (Wildman–Crippen MR) is 62.1 cm³/mol. The molecule has 2 heteroatoms. The third-order valence-electron chi connectivity index (χ3n) is 3.35. The molecule has 0 heterocycles. The highest BCUT2D eigenvalue weighted by atomic mass is 16.3. The fourth-order valence-electron chi connectivity index (χ4n) is 2.58. The maximum absolute atomic E-state index is 10.2. The number of benzene rings is 1. The lowest BCUT2D eigenvalue weighted by Gasteiger charge is -2.14. The minimum atomic E-state index is 0.0375. The molecule has 3 N–H and O–H groups in total. The first-order chi connectivity index (χ1) is 7.15. The lowest BCUT2D eigenvalue weighted by molar-refractivity contribution is 0.456. The highest BCUT2D eigenvalue weighted by molar-refractivity contribution is 5.53. The SMILES string of the molecule is CCCc1cc(C)c2c(c1O)C(N)CC2. The van der Waals surface area contributed by atoms with E-state index in [4.69, 9.17) is 5.73 Å². The topological polar surface area (TPSA) is 46.2 Å². The Kier molecular flexibility index (Phi) is 2.70. The third kappa shape index (κ3) is 1.63. The summed E-state index contributed by atoms with van der Waals surface area (Å²) < 4.78 is 0. The van der Waals surface area contributed by atoms with Crippen molar-refractivity contribution in [3.63, 3.8) is 0 Å². The van der Waals surface area contributed by atoms with Crippen LogP contribution in [0.15, 0.2) is 6.07 Å². The highest BCUT2D eigenvalue weighted by Crippen LogP contribution is 2.40. The molecule has 0 aromatic heterocycles. The van der Waals surface area contributed by atoms with Gasteiger partial charge in [0.1, 0.15) is 5.75 Å². The van der Waals surface area contributed by atoms with Crippen molar-refractivity contribution >= 4 is 0 Å². The molecule has 0 amide bonds. The number of fused-ring (bicyclic) bond motifs is 1. The Labute approximate surface area is 91.1 Å². The molecule has 0 saturated carbocycles. The molecule has 1 aliphatic carbocycles. The number of phenols is 1. The average molecular weight is 205 g/mol. The van der Waals surface area contributed by atoms with Crippen LogP contribution in [0, 0.1) is 6.92 Å². The Balaban J connectivity index is 2.55. The van der Waals surface area contributed by atoms with Gasteiger partial charge in [0.15, 0.2) is 0 Å². The van der Waals surface area contributed by atoms with E-state index in [1.165, 1.54) is 11.1 Å². The Hall–Kier alpha value is -1.02. The summed E-state index contributed by atoms with van der Waals surface area (Å²) >= 11 is 0. The molecule has 1 atom stereocenters. The van der Waals surface area contributed by atoms with E-state index in [0.717, 1.165) is 36.8 Å². The van der Waals surface area contributed by atoms with Gasteiger partial charge in [-0.05, 0) is 42.9 Å². The van der Waals surface area contributed by atoms with Gasteiger partial charge in [-0.2, -0.15) is 0 Å². The first-order valence-corrected chi connectivity index (χ1v) is 5.75. The zero-order valence-corrected chi connectivity index (χ0v) is 9.51. The van der Waals surface area contributed by atoms with Crippen molar-refractivity contribution in [2.45, 2.75) is 45.6 Å². The van der Waals surface area contributed by atoms with Crippen molar-refractivity contribution in [2.75, 3.05) is 0 Å². The van der Waals surface area contributed by atoms with Crippen molar-refractivity contribution in [1.82, 2.24) is 0 Å². The average Bonchev–Trinajstić information content (AvgIpc) is 2.57. The fourth-order valence-corrected chi connectivity index (χ4v) is 2.58. The van der Waals surface area contributed by atoms with Crippen LogP contribution in [0.5, 0.6) is 5.75 Å². The number of aromatic hydroxyl groups is 1. The molecule has 0 spiro atoms. The van der Waals surface area contributed by atoms with Crippen LogP contribution in [0.25, 0.3) is 0 Å². The molecular weight excluding hydrogens is 186 g/mol. The molecule has 1 unspecified atom stereocenters. The second-order valence-electron chi connectivity index (χ2n) is 4.49. The fraction of sp³-hybridized carbons (Fsp3) is 0.538. The monoisotopic (exact) mass is 205 g/mol. The molecule has 0 saturated heterocycles. The Morgan fingerprint density at radius 2 is 2.27 bits per heavy atom. The van der Waals surface area contributed by atoms with Crippen LogP contribution in [0.3, 0.4) is 0 Å². The number of hydrogen-bond donors (Lipinski definition) is 2. The van der Waals surface area contributed by atoms with Gasteiger partial charge in [-0.3, -0.25) is 0 Å². The lowest BCUT2D eigenvalue weighted by Crippen LogP contribution is -2.07. The molecule has 1 aromatic carbocycles. The number of rotatable bonds is 2. The van der Waals surface area contributed by atoms with Crippen LogP contribution < -0.4 is 5.73 Å². The van der Waals surface area contributed by atoms with Gasteiger partial charge in [-0.1, -0.05) is 19.4 Å². The minimum Gasteiger partial charge on any atom is -0.507 e. The molecular formula is C13H19NO. The van der Waals surface area contributed by atoms with Crippen LogP contribution in [0.4, 0.5) is 0 Å². The number of aryl methyl sites for hydroxylation is 2. The molecule has 1 aliphatic rings. The summed E-state index contributed by atoms with van der Waals surface area (Å²) in [5.41, 5.74) is 10.7. The second-order valence-corrected chi connectivity index (χ2v) is 4.49. The summed E-state index contributed by atoms with van der Waals surface area (Å²) in [4.78, 5) is 0. The van der Waals surface area contributed by atoms with E-state index in [1.54, 1.807) is 0 Å². The molecule has 2 rings (SSSR count). The maximum Gasteiger partial charge on any atom is 0.123 e. The Morgan fingerprint density at radius 3 is 2.93 bits per heavy atom. The summed E-state index contributed by atoms with van der Waals surface area (Å²) in [6, 6.07) is 2.16. The highest BCUT2D eigenvalue weighted by Gasteiger charge is 2.25.